The largest absolute Gasteiger partial charge is 0.342 e. The summed E-state index contributed by atoms with van der Waals surface area (Å²) in [5.41, 5.74) is 0.891. The molecular weight excluding hydrogens is 314 g/mol. The number of nitrogens with zero attached hydrogens (tertiary/aromatic N) is 2. The predicted octanol–water partition coefficient (Wildman–Crippen LogP) is 1.07. The molecule has 0 unspecified atom stereocenters. The number of benzene rings is 1. The maximum absolute atomic E-state index is 12.2. The Bertz CT molecular complexity index is 615. The molecule has 1 N–H and O–H groups in total. The summed E-state index contributed by atoms with van der Waals surface area (Å²) in [6.45, 7) is 5.44. The van der Waals surface area contributed by atoms with Crippen LogP contribution < -0.4 is 4.72 Å². The van der Waals surface area contributed by atoms with Gasteiger partial charge in [-0.15, -0.1) is 0 Å². The molecule has 6 nitrogen and oxygen atoms in total. The lowest BCUT2D eigenvalue weighted by Crippen LogP contribution is -2.38. The Labute approximate surface area is 139 Å². The molecule has 0 radical (unpaired) electrons. The number of amides is 1. The Kier molecular flexibility index (Phi) is 7.67. The smallest absolute Gasteiger partial charge is 0.240 e. The molecule has 0 aliphatic heterocycles. The molecule has 7 heteroatoms. The van der Waals surface area contributed by atoms with Crippen LogP contribution in [0.25, 0.3) is 0 Å². The Morgan fingerprint density at radius 2 is 1.87 bits per heavy atom. The Balaban J connectivity index is 2.53. The number of hydrogen-bond acceptors (Lipinski definition) is 4. The summed E-state index contributed by atoms with van der Waals surface area (Å²) < 4.78 is 27.0. The van der Waals surface area contributed by atoms with Gasteiger partial charge in [-0.2, -0.15) is 0 Å². The molecule has 0 saturated heterocycles. The van der Waals surface area contributed by atoms with E-state index in [-0.39, 0.29) is 17.3 Å². The summed E-state index contributed by atoms with van der Waals surface area (Å²) >= 11 is 0. The van der Waals surface area contributed by atoms with E-state index in [0.29, 0.717) is 13.1 Å². The molecular formula is C16H27N3O3S. The van der Waals surface area contributed by atoms with Crippen molar-refractivity contribution in [3.05, 3.63) is 29.8 Å². The van der Waals surface area contributed by atoms with Crippen molar-refractivity contribution in [2.24, 2.45) is 0 Å². The molecule has 0 aromatic heterocycles. The van der Waals surface area contributed by atoms with Crippen molar-refractivity contribution >= 4 is 15.9 Å². The van der Waals surface area contributed by atoms with Gasteiger partial charge >= 0.3 is 0 Å². The number of carbonyl (C=O) groups is 1. The number of sulfonamides is 1. The average molecular weight is 341 g/mol. The molecule has 130 valence electrons. The van der Waals surface area contributed by atoms with Gasteiger partial charge < -0.3 is 9.80 Å². The van der Waals surface area contributed by atoms with Gasteiger partial charge in [0.05, 0.1) is 4.90 Å². The topological polar surface area (TPSA) is 69.7 Å². The molecule has 1 aromatic rings. The second-order valence-electron chi connectivity index (χ2n) is 5.88. The van der Waals surface area contributed by atoms with Crippen molar-refractivity contribution in [1.82, 2.24) is 14.5 Å². The molecule has 0 bridgehead atoms. The summed E-state index contributed by atoms with van der Waals surface area (Å²) in [6.07, 6.45) is 0.858. The van der Waals surface area contributed by atoms with Crippen LogP contribution >= 0.6 is 0 Å². The summed E-state index contributed by atoms with van der Waals surface area (Å²) in [5.74, 6) is -0.0430. The molecule has 1 amide bonds. The first-order valence-electron chi connectivity index (χ1n) is 7.69. The number of nitrogens with one attached hydrogen (secondary N) is 1. The van der Waals surface area contributed by atoms with Crippen LogP contribution in [-0.2, 0) is 14.8 Å². The predicted molar refractivity (Wildman–Crippen MR) is 91.8 cm³/mol. The Morgan fingerprint density at radius 1 is 1.17 bits per heavy atom. The van der Waals surface area contributed by atoms with Crippen molar-refractivity contribution in [3.8, 4) is 0 Å². The third-order valence-electron chi connectivity index (χ3n) is 3.45. The van der Waals surface area contributed by atoms with Gasteiger partial charge in [0.2, 0.25) is 15.9 Å². The van der Waals surface area contributed by atoms with E-state index < -0.39 is 10.0 Å². The van der Waals surface area contributed by atoms with E-state index in [1.807, 2.05) is 27.1 Å². The molecule has 0 spiro atoms. The van der Waals surface area contributed by atoms with E-state index in [2.05, 4.69) is 9.62 Å². The highest BCUT2D eigenvalue weighted by Crippen LogP contribution is 2.10. The van der Waals surface area contributed by atoms with Gasteiger partial charge in [-0.1, -0.05) is 12.1 Å². The van der Waals surface area contributed by atoms with Crippen molar-refractivity contribution in [2.45, 2.75) is 25.2 Å². The molecule has 0 saturated carbocycles. The molecule has 1 rings (SSSR count). The zero-order valence-electron chi connectivity index (χ0n) is 14.4. The third-order valence-corrected chi connectivity index (χ3v) is 4.91. The molecule has 0 fully saturated rings. The first-order chi connectivity index (χ1) is 10.7. The minimum atomic E-state index is -3.53. The SMILES string of the molecule is CC(=O)N(CCCN(C)C)CCNS(=O)(=O)c1cccc(C)c1. The van der Waals surface area contributed by atoms with Crippen LogP contribution in [0.5, 0.6) is 0 Å². The fourth-order valence-electron chi connectivity index (χ4n) is 2.19. The average Bonchev–Trinajstić information content (AvgIpc) is 2.45. The lowest BCUT2D eigenvalue weighted by Gasteiger charge is -2.22. The van der Waals surface area contributed by atoms with E-state index in [9.17, 15) is 13.2 Å². The lowest BCUT2D eigenvalue weighted by atomic mass is 10.2. The van der Waals surface area contributed by atoms with Crippen LogP contribution in [0.3, 0.4) is 0 Å². The van der Waals surface area contributed by atoms with Gasteiger partial charge in [0.15, 0.2) is 0 Å². The Hall–Kier alpha value is -1.44. The zero-order chi connectivity index (χ0) is 17.5. The van der Waals surface area contributed by atoms with E-state index in [4.69, 9.17) is 0 Å². The van der Waals surface area contributed by atoms with Gasteiger partial charge in [0.25, 0.3) is 0 Å². The quantitative estimate of drug-likeness (QED) is 0.729. The van der Waals surface area contributed by atoms with Crippen LogP contribution in [0.1, 0.15) is 18.9 Å². The summed E-state index contributed by atoms with van der Waals surface area (Å²) in [5, 5.41) is 0. The Morgan fingerprint density at radius 3 is 2.43 bits per heavy atom. The van der Waals surface area contributed by atoms with E-state index in [1.165, 1.54) is 6.92 Å². The van der Waals surface area contributed by atoms with Gasteiger partial charge in [-0.25, -0.2) is 13.1 Å². The maximum Gasteiger partial charge on any atom is 0.240 e. The highest BCUT2D eigenvalue weighted by atomic mass is 32.2. The monoisotopic (exact) mass is 341 g/mol. The molecule has 0 heterocycles. The van der Waals surface area contributed by atoms with E-state index >= 15 is 0 Å². The molecule has 0 aliphatic rings. The summed E-state index contributed by atoms with van der Waals surface area (Å²) in [4.78, 5) is 15.6. The molecule has 1 aromatic carbocycles. The van der Waals surface area contributed by atoms with E-state index in [0.717, 1.165) is 18.5 Å². The van der Waals surface area contributed by atoms with Gasteiger partial charge in [0.1, 0.15) is 0 Å². The van der Waals surface area contributed by atoms with E-state index in [1.54, 1.807) is 23.1 Å². The van der Waals surface area contributed by atoms with Crippen LogP contribution in [-0.4, -0.2) is 64.4 Å². The second kappa shape index (κ2) is 9.00. The number of aryl methyl sites for hydroxylation is 1. The van der Waals surface area contributed by atoms with Gasteiger partial charge in [-0.3, -0.25) is 4.79 Å². The lowest BCUT2D eigenvalue weighted by molar-refractivity contribution is -0.128. The standard InChI is InChI=1S/C16H27N3O3S/c1-14-7-5-8-16(13-14)23(21,22)17-9-12-19(15(2)20)11-6-10-18(3)4/h5,7-8,13,17H,6,9-12H2,1-4H3. The van der Waals surface area contributed by atoms with Crippen LogP contribution in [0.2, 0.25) is 0 Å². The first kappa shape index (κ1) is 19.6. The van der Waals surface area contributed by atoms with Crippen molar-refractivity contribution in [2.75, 3.05) is 40.3 Å². The molecule has 0 aliphatic carbocycles. The van der Waals surface area contributed by atoms with Crippen LogP contribution in [0.4, 0.5) is 0 Å². The minimum Gasteiger partial charge on any atom is -0.342 e. The summed E-state index contributed by atoms with van der Waals surface area (Å²) in [6, 6.07) is 6.76. The number of carbonyl (C=O) groups excluding carboxylic acids is 1. The maximum atomic E-state index is 12.2. The third kappa shape index (κ3) is 7.11. The van der Waals surface area contributed by atoms with Gasteiger partial charge in [-0.05, 0) is 51.7 Å². The minimum absolute atomic E-state index is 0.0430. The van der Waals surface area contributed by atoms with Gasteiger partial charge in [0, 0.05) is 26.6 Å². The number of hydrogen-bond donors (Lipinski definition) is 1. The van der Waals surface area contributed by atoms with Crippen LogP contribution in [0.15, 0.2) is 29.2 Å². The van der Waals surface area contributed by atoms with Crippen molar-refractivity contribution in [1.29, 1.82) is 0 Å². The normalized spacial score (nSPS) is 11.7. The molecule has 0 atom stereocenters. The second-order valence-corrected chi connectivity index (χ2v) is 7.64. The summed E-state index contributed by atoms with van der Waals surface area (Å²) in [7, 11) is 0.426. The highest BCUT2D eigenvalue weighted by molar-refractivity contribution is 7.89. The fraction of sp³-hybridized carbons (Fsp3) is 0.562. The molecule has 23 heavy (non-hydrogen) atoms. The number of rotatable bonds is 9. The zero-order valence-corrected chi connectivity index (χ0v) is 15.2. The van der Waals surface area contributed by atoms with Crippen molar-refractivity contribution in [3.63, 3.8) is 0 Å². The first-order valence-corrected chi connectivity index (χ1v) is 9.17. The highest BCUT2D eigenvalue weighted by Gasteiger charge is 2.15. The van der Waals surface area contributed by atoms with Crippen molar-refractivity contribution < 1.29 is 13.2 Å². The fourth-order valence-corrected chi connectivity index (χ4v) is 3.31. The van der Waals surface area contributed by atoms with Crippen LogP contribution in [0, 0.1) is 6.92 Å².